The summed E-state index contributed by atoms with van der Waals surface area (Å²) in [5.74, 6) is 0.426. The van der Waals surface area contributed by atoms with Crippen molar-refractivity contribution < 1.29 is 17.0 Å². The summed E-state index contributed by atoms with van der Waals surface area (Å²) in [4.78, 5) is 19.2. The summed E-state index contributed by atoms with van der Waals surface area (Å²) in [6.07, 6.45) is 1.69. The highest BCUT2D eigenvalue weighted by molar-refractivity contribution is 7.86. The Kier molecular flexibility index (Phi) is 6.36. The first-order chi connectivity index (χ1) is 19.2. The van der Waals surface area contributed by atoms with Gasteiger partial charge in [-0.15, -0.1) is 3.89 Å². The fourth-order valence-electron chi connectivity index (χ4n) is 5.56. The second-order valence-electron chi connectivity index (χ2n) is 10.3. The molecule has 0 saturated carbocycles. The maximum Gasteiger partial charge on any atom is 0.332 e. The van der Waals surface area contributed by atoms with Gasteiger partial charge in [-0.3, -0.25) is 4.79 Å². The van der Waals surface area contributed by atoms with Crippen LogP contribution in [0.25, 0.3) is 44.0 Å². The van der Waals surface area contributed by atoms with E-state index in [0.717, 1.165) is 31.3 Å². The van der Waals surface area contributed by atoms with Gasteiger partial charge in [-0.2, -0.15) is 13.7 Å². The molecule has 2 aromatic heterocycles. The number of likely N-dealkylation sites (tertiary alicyclic amines) is 1. The third-order valence-electron chi connectivity index (χ3n) is 7.57. The van der Waals surface area contributed by atoms with Crippen molar-refractivity contribution in [1.82, 2.24) is 14.5 Å². The molecule has 0 unspecified atom stereocenters. The second-order valence-corrected chi connectivity index (χ2v) is 11.7. The fourth-order valence-corrected chi connectivity index (χ4v) is 6.07. The van der Waals surface area contributed by atoms with Crippen LogP contribution in [0, 0.1) is 11.3 Å². The molecule has 3 heterocycles. The average Bonchev–Trinajstić information content (AvgIpc) is 3.30. The Morgan fingerprint density at radius 3 is 2.62 bits per heavy atom. The topological polar surface area (TPSA) is 108 Å². The van der Waals surface area contributed by atoms with Crippen molar-refractivity contribution in [2.24, 2.45) is 0 Å². The zero-order valence-corrected chi connectivity index (χ0v) is 22.9. The molecule has 0 bridgehead atoms. The molecule has 1 N–H and O–H groups in total. The van der Waals surface area contributed by atoms with Gasteiger partial charge in [0.15, 0.2) is 5.43 Å². The van der Waals surface area contributed by atoms with Crippen LogP contribution in [-0.2, 0) is 10.2 Å². The Hall–Kier alpha value is -4.20. The molecule has 0 aliphatic carbocycles. The highest BCUT2D eigenvalue weighted by Crippen LogP contribution is 2.39. The SMILES string of the molecule is CCCCOc1cc2c(=O)c3c4ccc(C#N)cc4[nH]c3n(C3CN(C)C3)c2cc1-c1cccc(S(=O)(=O)F)c1. The highest BCUT2D eigenvalue weighted by atomic mass is 32.3. The molecule has 0 radical (unpaired) electrons. The van der Waals surface area contributed by atoms with E-state index in [4.69, 9.17) is 4.74 Å². The van der Waals surface area contributed by atoms with Crippen LogP contribution in [0.5, 0.6) is 5.75 Å². The van der Waals surface area contributed by atoms with Crippen molar-refractivity contribution in [2.75, 3.05) is 26.7 Å². The highest BCUT2D eigenvalue weighted by Gasteiger charge is 2.30. The smallest absolute Gasteiger partial charge is 0.332 e. The number of hydrogen-bond donors (Lipinski definition) is 1. The third kappa shape index (κ3) is 4.31. The maximum absolute atomic E-state index is 14.1. The first kappa shape index (κ1) is 26.0. The number of pyridine rings is 1. The van der Waals surface area contributed by atoms with Crippen LogP contribution in [0.1, 0.15) is 31.4 Å². The third-order valence-corrected chi connectivity index (χ3v) is 8.39. The van der Waals surface area contributed by atoms with Crippen LogP contribution >= 0.6 is 0 Å². The van der Waals surface area contributed by atoms with Gasteiger partial charge in [0.1, 0.15) is 11.4 Å². The van der Waals surface area contributed by atoms with Gasteiger partial charge >= 0.3 is 10.2 Å². The van der Waals surface area contributed by atoms with Crippen LogP contribution < -0.4 is 10.2 Å². The Morgan fingerprint density at radius 2 is 1.93 bits per heavy atom. The van der Waals surface area contributed by atoms with Crippen molar-refractivity contribution >= 4 is 43.1 Å². The summed E-state index contributed by atoms with van der Waals surface area (Å²) >= 11 is 0. The molecule has 3 aromatic carbocycles. The van der Waals surface area contributed by atoms with E-state index in [9.17, 15) is 22.4 Å². The van der Waals surface area contributed by atoms with Crippen molar-refractivity contribution in [3.63, 3.8) is 0 Å². The molecule has 5 aromatic rings. The number of rotatable bonds is 7. The number of nitriles is 1. The number of aromatic nitrogens is 2. The maximum atomic E-state index is 14.1. The minimum absolute atomic E-state index is 0.0661. The van der Waals surface area contributed by atoms with Crippen molar-refractivity contribution in [3.05, 3.63) is 70.4 Å². The number of ether oxygens (including phenoxy) is 1. The summed E-state index contributed by atoms with van der Waals surface area (Å²) in [6, 6.07) is 16.7. The normalized spacial score (nSPS) is 14.6. The van der Waals surface area contributed by atoms with Gasteiger partial charge in [0.2, 0.25) is 0 Å². The lowest BCUT2D eigenvalue weighted by atomic mass is 9.99. The van der Waals surface area contributed by atoms with E-state index in [1.165, 1.54) is 18.2 Å². The molecule has 1 aliphatic rings. The van der Waals surface area contributed by atoms with E-state index in [1.54, 1.807) is 30.3 Å². The van der Waals surface area contributed by atoms with E-state index in [1.807, 2.05) is 20.0 Å². The molecule has 1 aliphatic heterocycles. The number of likely N-dealkylation sites (N-methyl/N-ethyl adjacent to an activating group) is 1. The Labute approximate surface area is 230 Å². The summed E-state index contributed by atoms with van der Waals surface area (Å²) in [6.45, 7) is 3.99. The average molecular weight is 559 g/mol. The molecular formula is C30H27FN4O4S. The summed E-state index contributed by atoms with van der Waals surface area (Å²) < 4.78 is 45.6. The van der Waals surface area contributed by atoms with Crippen LogP contribution in [0.2, 0.25) is 0 Å². The summed E-state index contributed by atoms with van der Waals surface area (Å²) in [7, 11) is -2.89. The van der Waals surface area contributed by atoms with Gasteiger partial charge < -0.3 is 19.2 Å². The molecule has 1 saturated heterocycles. The zero-order valence-electron chi connectivity index (χ0n) is 22.1. The minimum atomic E-state index is -4.92. The minimum Gasteiger partial charge on any atom is -0.493 e. The Morgan fingerprint density at radius 1 is 1.12 bits per heavy atom. The first-order valence-corrected chi connectivity index (χ1v) is 14.5. The van der Waals surface area contributed by atoms with E-state index >= 15 is 0 Å². The molecule has 204 valence electrons. The molecule has 0 spiro atoms. The van der Waals surface area contributed by atoms with E-state index < -0.39 is 15.1 Å². The molecular weight excluding hydrogens is 531 g/mol. The van der Waals surface area contributed by atoms with Crippen molar-refractivity contribution in [1.29, 1.82) is 5.26 Å². The summed E-state index contributed by atoms with van der Waals surface area (Å²) in [5.41, 5.74) is 3.37. The number of fused-ring (bicyclic) bond motifs is 4. The standard InChI is InChI=1S/C30H27FN4O4S/c1-3-4-10-39-27-14-24-26(13-23(27)19-6-5-7-21(12-19)40(31,37)38)35(20-16-34(2)17-20)30-28(29(24)36)22-9-8-18(15-32)11-25(22)33-30/h5-9,11-14,20,33H,3-4,10,16-17H2,1-2H3. The molecule has 10 heteroatoms. The van der Waals surface area contributed by atoms with Crippen LogP contribution in [-0.4, -0.2) is 49.6 Å². The predicted molar refractivity (Wildman–Crippen MR) is 153 cm³/mol. The van der Waals surface area contributed by atoms with E-state index in [0.29, 0.717) is 56.5 Å². The molecule has 40 heavy (non-hydrogen) atoms. The zero-order chi connectivity index (χ0) is 28.2. The quantitative estimate of drug-likeness (QED) is 0.209. The monoisotopic (exact) mass is 558 g/mol. The number of aromatic amines is 1. The van der Waals surface area contributed by atoms with Gasteiger partial charge in [-0.05, 0) is 55.4 Å². The molecule has 1 fully saturated rings. The lowest BCUT2D eigenvalue weighted by Crippen LogP contribution is -2.45. The molecule has 8 nitrogen and oxygen atoms in total. The largest absolute Gasteiger partial charge is 0.493 e. The lowest BCUT2D eigenvalue weighted by molar-refractivity contribution is 0.146. The number of halogens is 1. The van der Waals surface area contributed by atoms with Crippen LogP contribution in [0.15, 0.2) is 64.3 Å². The van der Waals surface area contributed by atoms with Gasteiger partial charge in [0.25, 0.3) is 0 Å². The lowest BCUT2D eigenvalue weighted by Gasteiger charge is -2.39. The number of nitrogens with one attached hydrogen (secondary N) is 1. The Balaban J connectivity index is 1.70. The van der Waals surface area contributed by atoms with Gasteiger partial charge in [-0.25, -0.2) is 0 Å². The number of H-pyrrole nitrogens is 1. The number of hydrogen-bond acceptors (Lipinski definition) is 6. The number of benzene rings is 3. The van der Waals surface area contributed by atoms with Crippen molar-refractivity contribution in [3.8, 4) is 22.9 Å². The molecule has 6 rings (SSSR count). The predicted octanol–water partition coefficient (Wildman–Crippen LogP) is 5.50. The summed E-state index contributed by atoms with van der Waals surface area (Å²) in [5, 5.41) is 11.2. The Bertz CT molecular complexity index is 2020. The second kappa shape index (κ2) is 9.77. The number of unbranched alkanes of at least 4 members (excludes halogenated alkanes) is 1. The fraction of sp³-hybridized carbons (Fsp3) is 0.267. The van der Waals surface area contributed by atoms with Crippen LogP contribution in [0.3, 0.4) is 0 Å². The van der Waals surface area contributed by atoms with E-state index in [-0.39, 0.29) is 11.5 Å². The van der Waals surface area contributed by atoms with Gasteiger partial charge in [0, 0.05) is 29.6 Å². The van der Waals surface area contributed by atoms with E-state index in [2.05, 4.69) is 20.5 Å². The molecule has 0 amide bonds. The van der Waals surface area contributed by atoms with Crippen LogP contribution in [0.4, 0.5) is 3.89 Å². The van der Waals surface area contributed by atoms with Gasteiger partial charge in [-0.1, -0.05) is 31.5 Å². The van der Waals surface area contributed by atoms with Crippen molar-refractivity contribution in [2.45, 2.75) is 30.7 Å². The van der Waals surface area contributed by atoms with Gasteiger partial charge in [0.05, 0.1) is 45.5 Å². The first-order valence-electron chi connectivity index (χ1n) is 13.1. The molecule has 0 atom stereocenters. The number of nitrogens with zero attached hydrogens (tertiary/aromatic N) is 3.